The number of H-pyrrole nitrogens is 2. The minimum absolute atomic E-state index is 0.0982. The maximum Gasteiger partial charge on any atom is 0.255 e. The summed E-state index contributed by atoms with van der Waals surface area (Å²) in [6, 6.07) is 1.99. The van der Waals surface area contributed by atoms with Gasteiger partial charge in [0.05, 0.1) is 11.6 Å². The van der Waals surface area contributed by atoms with Gasteiger partial charge >= 0.3 is 0 Å². The lowest BCUT2D eigenvalue weighted by molar-refractivity contribution is 0.0479. The van der Waals surface area contributed by atoms with E-state index in [-0.39, 0.29) is 11.9 Å². The molecule has 3 heterocycles. The molecule has 1 aliphatic heterocycles. The maximum atomic E-state index is 12.6. The third-order valence-electron chi connectivity index (χ3n) is 4.20. The minimum atomic E-state index is 0.0982. The number of aryl methyl sites for hydroxylation is 1. The number of amides is 1. The topological polar surface area (TPSA) is 68.0 Å². The normalized spacial score (nSPS) is 19.9. The van der Waals surface area contributed by atoms with E-state index in [1.165, 1.54) is 0 Å². The Balaban J connectivity index is 1.80. The summed E-state index contributed by atoms with van der Waals surface area (Å²) in [4.78, 5) is 27.6. The molecule has 0 spiro atoms. The molecule has 1 fully saturated rings. The van der Waals surface area contributed by atoms with Crippen molar-refractivity contribution < 1.29 is 4.79 Å². The molecule has 0 aliphatic carbocycles. The summed E-state index contributed by atoms with van der Waals surface area (Å²) < 4.78 is 0. The van der Waals surface area contributed by atoms with E-state index in [9.17, 15) is 4.79 Å². The van der Waals surface area contributed by atoms with Gasteiger partial charge in [0.1, 0.15) is 5.82 Å². The largest absolute Gasteiger partial charge is 0.365 e. The van der Waals surface area contributed by atoms with Crippen molar-refractivity contribution in [1.82, 2.24) is 24.8 Å². The highest BCUT2D eigenvalue weighted by Crippen LogP contribution is 2.24. The minimum Gasteiger partial charge on any atom is -0.365 e. The Labute approximate surface area is 124 Å². The molecule has 0 radical (unpaired) electrons. The Morgan fingerprint density at radius 1 is 1.38 bits per heavy atom. The maximum absolute atomic E-state index is 12.6. The highest BCUT2D eigenvalue weighted by molar-refractivity contribution is 5.95. The van der Waals surface area contributed by atoms with Crippen LogP contribution >= 0.6 is 0 Å². The molecule has 0 saturated carbocycles. The highest BCUT2D eigenvalue weighted by Gasteiger charge is 2.32. The van der Waals surface area contributed by atoms with Crippen molar-refractivity contribution >= 4 is 5.91 Å². The zero-order chi connectivity index (χ0) is 14.8. The summed E-state index contributed by atoms with van der Waals surface area (Å²) in [5, 5.41) is 0. The SMILES string of the molecule is CCN1CCN(C(=O)c2cc[nH]c2C)C[C@@H]1c1ncc[nH]1. The van der Waals surface area contributed by atoms with Crippen LogP contribution in [0.1, 0.15) is 34.8 Å². The first kappa shape index (κ1) is 13.9. The average Bonchev–Trinajstić information content (AvgIpc) is 3.17. The monoisotopic (exact) mass is 287 g/mol. The molecule has 6 nitrogen and oxygen atoms in total. The molecule has 2 N–H and O–H groups in total. The summed E-state index contributed by atoms with van der Waals surface area (Å²) in [5.74, 6) is 1.03. The van der Waals surface area contributed by atoms with Gasteiger partial charge in [-0.15, -0.1) is 0 Å². The molecule has 1 saturated heterocycles. The van der Waals surface area contributed by atoms with Crippen LogP contribution < -0.4 is 0 Å². The molecule has 21 heavy (non-hydrogen) atoms. The van der Waals surface area contributed by atoms with Gasteiger partial charge in [-0.05, 0) is 19.5 Å². The van der Waals surface area contributed by atoms with E-state index in [0.29, 0.717) is 6.54 Å². The van der Waals surface area contributed by atoms with E-state index in [2.05, 4.69) is 26.8 Å². The van der Waals surface area contributed by atoms with Gasteiger partial charge in [-0.25, -0.2) is 4.98 Å². The molecule has 112 valence electrons. The molecule has 1 amide bonds. The number of aromatic amines is 2. The average molecular weight is 287 g/mol. The van der Waals surface area contributed by atoms with Gasteiger partial charge < -0.3 is 14.9 Å². The molecule has 1 atom stereocenters. The Kier molecular flexibility index (Phi) is 3.79. The molecule has 0 aromatic carbocycles. The molecule has 2 aromatic heterocycles. The summed E-state index contributed by atoms with van der Waals surface area (Å²) in [5.41, 5.74) is 1.69. The Morgan fingerprint density at radius 2 is 2.24 bits per heavy atom. The molecule has 3 rings (SSSR count). The van der Waals surface area contributed by atoms with Gasteiger partial charge in [0.2, 0.25) is 0 Å². The van der Waals surface area contributed by atoms with E-state index in [0.717, 1.165) is 36.7 Å². The number of aromatic nitrogens is 3. The second-order valence-corrected chi connectivity index (χ2v) is 5.39. The van der Waals surface area contributed by atoms with Gasteiger partial charge in [0.25, 0.3) is 5.91 Å². The summed E-state index contributed by atoms with van der Waals surface area (Å²) in [6.07, 6.45) is 5.41. The first-order chi connectivity index (χ1) is 10.2. The third kappa shape index (κ3) is 2.58. The summed E-state index contributed by atoms with van der Waals surface area (Å²) in [6.45, 7) is 7.33. The van der Waals surface area contributed by atoms with Crippen molar-refractivity contribution in [3.05, 3.63) is 41.7 Å². The number of hydrogen-bond donors (Lipinski definition) is 2. The van der Waals surface area contributed by atoms with Crippen LogP contribution in [0.15, 0.2) is 24.7 Å². The smallest absolute Gasteiger partial charge is 0.255 e. The fourth-order valence-electron chi connectivity index (χ4n) is 2.96. The second-order valence-electron chi connectivity index (χ2n) is 5.39. The van der Waals surface area contributed by atoms with Crippen LogP contribution in [0, 0.1) is 6.92 Å². The lowest BCUT2D eigenvalue weighted by Gasteiger charge is -2.40. The lowest BCUT2D eigenvalue weighted by Crippen LogP contribution is -2.50. The number of hydrogen-bond acceptors (Lipinski definition) is 3. The van der Waals surface area contributed by atoms with Crippen molar-refractivity contribution in [2.75, 3.05) is 26.2 Å². The van der Waals surface area contributed by atoms with Crippen molar-refractivity contribution in [2.24, 2.45) is 0 Å². The summed E-state index contributed by atoms with van der Waals surface area (Å²) >= 11 is 0. The predicted molar refractivity (Wildman–Crippen MR) is 80.0 cm³/mol. The Bertz CT molecular complexity index is 603. The number of carbonyl (C=O) groups is 1. The number of imidazole rings is 1. The number of likely N-dealkylation sites (N-methyl/N-ethyl adjacent to an activating group) is 1. The standard InChI is InChI=1S/C15H21N5O/c1-3-19-8-9-20(10-13(19)14-17-6-7-18-14)15(21)12-4-5-16-11(12)2/h4-7,13,16H,3,8-10H2,1-2H3,(H,17,18)/t13-/m1/s1. The van der Waals surface area contributed by atoms with Gasteiger partial charge in [-0.3, -0.25) is 9.69 Å². The number of nitrogens with one attached hydrogen (secondary N) is 2. The van der Waals surface area contributed by atoms with Crippen LogP contribution in [-0.2, 0) is 0 Å². The van der Waals surface area contributed by atoms with E-state index in [1.807, 2.05) is 30.3 Å². The van der Waals surface area contributed by atoms with Gasteiger partial charge in [-0.1, -0.05) is 6.92 Å². The van der Waals surface area contributed by atoms with Crippen molar-refractivity contribution in [1.29, 1.82) is 0 Å². The number of piperazine rings is 1. The van der Waals surface area contributed by atoms with Crippen LogP contribution in [0.5, 0.6) is 0 Å². The number of nitrogens with zero attached hydrogens (tertiary/aromatic N) is 3. The number of rotatable bonds is 3. The van der Waals surface area contributed by atoms with Gasteiger partial charge in [-0.2, -0.15) is 0 Å². The van der Waals surface area contributed by atoms with Gasteiger partial charge in [0.15, 0.2) is 0 Å². The zero-order valence-electron chi connectivity index (χ0n) is 12.5. The van der Waals surface area contributed by atoms with E-state index < -0.39 is 0 Å². The van der Waals surface area contributed by atoms with E-state index in [1.54, 1.807) is 6.20 Å². The van der Waals surface area contributed by atoms with E-state index in [4.69, 9.17) is 0 Å². The third-order valence-corrected chi connectivity index (χ3v) is 4.20. The molecule has 2 aromatic rings. The summed E-state index contributed by atoms with van der Waals surface area (Å²) in [7, 11) is 0. The molecular formula is C15H21N5O. The van der Waals surface area contributed by atoms with Crippen molar-refractivity contribution in [3.8, 4) is 0 Å². The molecule has 0 unspecified atom stereocenters. The number of carbonyl (C=O) groups excluding carboxylic acids is 1. The van der Waals surface area contributed by atoms with E-state index >= 15 is 0 Å². The fourth-order valence-corrected chi connectivity index (χ4v) is 2.96. The molecule has 0 bridgehead atoms. The second kappa shape index (κ2) is 5.73. The molecular weight excluding hydrogens is 266 g/mol. The van der Waals surface area contributed by atoms with Crippen LogP contribution in [0.2, 0.25) is 0 Å². The zero-order valence-corrected chi connectivity index (χ0v) is 12.5. The van der Waals surface area contributed by atoms with Crippen LogP contribution in [-0.4, -0.2) is 56.8 Å². The highest BCUT2D eigenvalue weighted by atomic mass is 16.2. The van der Waals surface area contributed by atoms with Crippen molar-refractivity contribution in [2.45, 2.75) is 19.9 Å². The fraction of sp³-hybridized carbons (Fsp3) is 0.467. The first-order valence-corrected chi connectivity index (χ1v) is 7.37. The lowest BCUT2D eigenvalue weighted by atomic mass is 10.1. The van der Waals surface area contributed by atoms with Crippen LogP contribution in [0.3, 0.4) is 0 Å². The quantitative estimate of drug-likeness (QED) is 0.900. The predicted octanol–water partition coefficient (Wildman–Crippen LogP) is 1.57. The first-order valence-electron chi connectivity index (χ1n) is 7.37. The molecule has 1 aliphatic rings. The van der Waals surface area contributed by atoms with Gasteiger partial charge in [0, 0.05) is 43.9 Å². The molecule has 6 heteroatoms. The Hall–Kier alpha value is -2.08. The van der Waals surface area contributed by atoms with Crippen LogP contribution in [0.4, 0.5) is 0 Å². The van der Waals surface area contributed by atoms with Crippen molar-refractivity contribution in [3.63, 3.8) is 0 Å². The van der Waals surface area contributed by atoms with Crippen LogP contribution in [0.25, 0.3) is 0 Å². The Morgan fingerprint density at radius 3 is 2.86 bits per heavy atom.